The molecule has 0 unspecified atom stereocenters. The van der Waals surface area contributed by atoms with Gasteiger partial charge < -0.3 is 15.4 Å². The number of rotatable bonds is 6. The third-order valence-corrected chi connectivity index (χ3v) is 3.80. The van der Waals surface area contributed by atoms with E-state index in [4.69, 9.17) is 4.74 Å². The summed E-state index contributed by atoms with van der Waals surface area (Å²) < 4.78 is 5.52. The number of anilines is 3. The molecule has 2 N–H and O–H groups in total. The third kappa shape index (κ3) is 3.91. The van der Waals surface area contributed by atoms with Gasteiger partial charge in [0.25, 0.3) is 0 Å². The summed E-state index contributed by atoms with van der Waals surface area (Å²) in [7, 11) is 1.64. The minimum atomic E-state index is 0.269. The van der Waals surface area contributed by atoms with E-state index in [2.05, 4.69) is 41.6 Å². The molecule has 0 aliphatic heterocycles. The zero-order valence-corrected chi connectivity index (χ0v) is 14.8. The van der Waals surface area contributed by atoms with Crippen LogP contribution < -0.4 is 15.4 Å². The van der Waals surface area contributed by atoms with E-state index < -0.39 is 0 Å². The van der Waals surface area contributed by atoms with Gasteiger partial charge in [0.15, 0.2) is 0 Å². The quantitative estimate of drug-likeness (QED) is 0.641. The van der Waals surface area contributed by atoms with Crippen LogP contribution in [0.2, 0.25) is 0 Å². The zero-order chi connectivity index (χ0) is 17.6. The highest BCUT2D eigenvalue weighted by Gasteiger charge is 2.18. The second kappa shape index (κ2) is 7.71. The maximum absolute atomic E-state index is 5.52. The van der Waals surface area contributed by atoms with Crippen LogP contribution in [0.15, 0.2) is 66.9 Å². The van der Waals surface area contributed by atoms with E-state index in [1.54, 1.807) is 7.11 Å². The number of nitrogens with zero attached hydrogens (tertiary/aromatic N) is 1. The third-order valence-electron chi connectivity index (χ3n) is 3.80. The van der Waals surface area contributed by atoms with Crippen molar-refractivity contribution < 1.29 is 4.74 Å². The Hall–Kier alpha value is -3.01. The van der Waals surface area contributed by atoms with Gasteiger partial charge in [-0.25, -0.2) is 4.98 Å². The van der Waals surface area contributed by atoms with Crippen LogP contribution >= 0.6 is 0 Å². The average Bonchev–Trinajstić information content (AvgIpc) is 2.64. The monoisotopic (exact) mass is 333 g/mol. The summed E-state index contributed by atoms with van der Waals surface area (Å²) in [6.07, 6.45) is 1.86. The summed E-state index contributed by atoms with van der Waals surface area (Å²) >= 11 is 0. The molecule has 4 nitrogen and oxygen atoms in total. The van der Waals surface area contributed by atoms with Crippen LogP contribution in [0.3, 0.4) is 0 Å². The summed E-state index contributed by atoms with van der Waals surface area (Å²) in [5.74, 6) is 0.562. The topological polar surface area (TPSA) is 46.2 Å². The first-order chi connectivity index (χ1) is 12.2. The van der Waals surface area contributed by atoms with Gasteiger partial charge >= 0.3 is 0 Å². The predicted octanol–water partition coefficient (Wildman–Crippen LogP) is 5.32. The van der Waals surface area contributed by atoms with Gasteiger partial charge in [0, 0.05) is 23.5 Å². The van der Waals surface area contributed by atoms with Crippen molar-refractivity contribution in [2.45, 2.75) is 19.9 Å². The molecule has 3 rings (SSSR count). The molecule has 0 radical (unpaired) electrons. The van der Waals surface area contributed by atoms with Crippen LogP contribution in [0.4, 0.5) is 17.1 Å². The summed E-state index contributed by atoms with van der Waals surface area (Å²) in [5, 5.41) is 7.01. The van der Waals surface area contributed by atoms with Gasteiger partial charge in [-0.3, -0.25) is 0 Å². The number of ether oxygens (including phenoxy) is 1. The smallest absolute Gasteiger partial charge is 0.239 e. The SMILES string of the molecule is COc1ncc(-c2ccccc2)c(NC(C)C)c1Nc1ccccc1. The molecule has 128 valence electrons. The van der Waals surface area contributed by atoms with E-state index in [0.29, 0.717) is 5.88 Å². The number of para-hydroxylation sites is 1. The van der Waals surface area contributed by atoms with Crippen molar-refractivity contribution in [2.75, 3.05) is 17.7 Å². The fraction of sp³-hybridized carbons (Fsp3) is 0.190. The van der Waals surface area contributed by atoms with Gasteiger partial charge in [-0.2, -0.15) is 0 Å². The van der Waals surface area contributed by atoms with Gasteiger partial charge in [-0.05, 0) is 31.5 Å². The number of benzene rings is 2. The molecule has 0 spiro atoms. The van der Waals surface area contributed by atoms with Crippen molar-refractivity contribution in [1.82, 2.24) is 4.98 Å². The number of hydrogen-bond acceptors (Lipinski definition) is 4. The van der Waals surface area contributed by atoms with Crippen LogP contribution in [0.25, 0.3) is 11.1 Å². The van der Waals surface area contributed by atoms with E-state index in [1.165, 1.54) is 0 Å². The molecule has 2 aromatic carbocycles. The van der Waals surface area contributed by atoms with E-state index in [0.717, 1.165) is 28.2 Å². The van der Waals surface area contributed by atoms with Gasteiger partial charge in [-0.15, -0.1) is 0 Å². The Morgan fingerprint density at radius 3 is 2.12 bits per heavy atom. The Balaban J connectivity index is 2.15. The van der Waals surface area contributed by atoms with Gasteiger partial charge in [0.2, 0.25) is 5.88 Å². The first kappa shape index (κ1) is 16.8. The van der Waals surface area contributed by atoms with E-state index in [-0.39, 0.29) is 6.04 Å². The maximum Gasteiger partial charge on any atom is 0.239 e. The molecular formula is C21H23N3O. The van der Waals surface area contributed by atoms with Crippen molar-refractivity contribution in [1.29, 1.82) is 0 Å². The van der Waals surface area contributed by atoms with E-state index in [1.807, 2.05) is 54.7 Å². The van der Waals surface area contributed by atoms with Crippen molar-refractivity contribution in [3.8, 4) is 17.0 Å². The Labute approximate surface area is 148 Å². The molecule has 0 aliphatic carbocycles. The number of aromatic nitrogens is 1. The van der Waals surface area contributed by atoms with Crippen molar-refractivity contribution in [3.63, 3.8) is 0 Å². The number of pyridine rings is 1. The van der Waals surface area contributed by atoms with E-state index >= 15 is 0 Å². The Bertz CT molecular complexity index is 817. The van der Waals surface area contributed by atoms with Crippen molar-refractivity contribution in [3.05, 3.63) is 66.9 Å². The highest BCUT2D eigenvalue weighted by Crippen LogP contribution is 2.40. The summed E-state index contributed by atoms with van der Waals surface area (Å²) in [6.45, 7) is 4.24. The van der Waals surface area contributed by atoms with Crippen molar-refractivity contribution in [2.24, 2.45) is 0 Å². The maximum atomic E-state index is 5.52. The standard InChI is InChI=1S/C21H23N3O/c1-15(2)23-19-18(16-10-6-4-7-11-16)14-22-21(25-3)20(19)24-17-12-8-5-9-13-17/h4-15,24H,1-3H3,(H,22,23). The Morgan fingerprint density at radius 1 is 0.880 bits per heavy atom. The zero-order valence-electron chi connectivity index (χ0n) is 14.8. The Kier molecular flexibility index (Phi) is 5.19. The highest BCUT2D eigenvalue weighted by molar-refractivity contribution is 5.91. The fourth-order valence-electron chi connectivity index (χ4n) is 2.71. The first-order valence-corrected chi connectivity index (χ1v) is 8.40. The lowest BCUT2D eigenvalue weighted by Crippen LogP contribution is -2.13. The summed E-state index contributed by atoms with van der Waals surface area (Å²) in [4.78, 5) is 4.51. The molecule has 0 fully saturated rings. The molecule has 1 heterocycles. The molecule has 4 heteroatoms. The molecule has 3 aromatic rings. The second-order valence-corrected chi connectivity index (χ2v) is 6.09. The summed E-state index contributed by atoms with van der Waals surface area (Å²) in [5.41, 5.74) is 4.95. The number of nitrogens with one attached hydrogen (secondary N) is 2. The molecule has 25 heavy (non-hydrogen) atoms. The molecule has 0 saturated heterocycles. The molecule has 0 saturated carbocycles. The lowest BCUT2D eigenvalue weighted by atomic mass is 10.0. The lowest BCUT2D eigenvalue weighted by molar-refractivity contribution is 0.400. The van der Waals surface area contributed by atoms with Crippen LogP contribution in [0.5, 0.6) is 5.88 Å². The minimum absolute atomic E-state index is 0.269. The predicted molar refractivity (Wildman–Crippen MR) is 105 cm³/mol. The molecule has 0 amide bonds. The summed E-state index contributed by atoms with van der Waals surface area (Å²) in [6, 6.07) is 20.5. The normalized spacial score (nSPS) is 10.6. The average molecular weight is 333 g/mol. The van der Waals surface area contributed by atoms with Gasteiger partial charge in [0.1, 0.15) is 5.69 Å². The fourth-order valence-corrected chi connectivity index (χ4v) is 2.71. The molecule has 0 atom stereocenters. The molecule has 1 aromatic heterocycles. The number of methoxy groups -OCH3 is 1. The van der Waals surface area contributed by atoms with Crippen LogP contribution in [0, 0.1) is 0 Å². The lowest BCUT2D eigenvalue weighted by Gasteiger charge is -2.21. The minimum Gasteiger partial charge on any atom is -0.479 e. The van der Waals surface area contributed by atoms with E-state index in [9.17, 15) is 0 Å². The van der Waals surface area contributed by atoms with Crippen LogP contribution in [-0.2, 0) is 0 Å². The Morgan fingerprint density at radius 2 is 1.52 bits per heavy atom. The molecule has 0 aliphatic rings. The molecular weight excluding hydrogens is 310 g/mol. The van der Waals surface area contributed by atoms with Crippen LogP contribution in [0.1, 0.15) is 13.8 Å². The van der Waals surface area contributed by atoms with Gasteiger partial charge in [0.05, 0.1) is 12.8 Å². The largest absolute Gasteiger partial charge is 0.479 e. The highest BCUT2D eigenvalue weighted by atomic mass is 16.5. The van der Waals surface area contributed by atoms with Crippen molar-refractivity contribution >= 4 is 17.1 Å². The van der Waals surface area contributed by atoms with Crippen LogP contribution in [-0.4, -0.2) is 18.1 Å². The van der Waals surface area contributed by atoms with Gasteiger partial charge in [-0.1, -0.05) is 48.5 Å². The molecule has 0 bridgehead atoms. The second-order valence-electron chi connectivity index (χ2n) is 6.09. The number of hydrogen-bond donors (Lipinski definition) is 2. The first-order valence-electron chi connectivity index (χ1n) is 8.40.